The highest BCUT2D eigenvalue weighted by Gasteiger charge is 1.95. The largest absolute Gasteiger partial charge is 0.392 e. The van der Waals surface area contributed by atoms with Gasteiger partial charge in [-0.15, -0.1) is 0 Å². The molecule has 0 spiro atoms. The van der Waals surface area contributed by atoms with E-state index in [1.54, 1.807) is 0 Å². The van der Waals surface area contributed by atoms with Crippen molar-refractivity contribution in [1.82, 2.24) is 4.57 Å². The monoisotopic (exact) mass is 195 g/mol. The zero-order valence-corrected chi connectivity index (χ0v) is 9.08. The molecule has 1 aromatic rings. The highest BCUT2D eigenvalue weighted by Crippen LogP contribution is 2.06. The maximum atomic E-state index is 8.88. The lowest BCUT2D eigenvalue weighted by Crippen LogP contribution is -1.94. The van der Waals surface area contributed by atoms with E-state index in [2.05, 4.69) is 11.5 Å². The summed E-state index contributed by atoms with van der Waals surface area (Å²) in [6, 6.07) is 1.98. The summed E-state index contributed by atoms with van der Waals surface area (Å²) in [5.74, 6) is 0. The van der Waals surface area contributed by atoms with Crippen LogP contribution in [0.25, 0.3) is 0 Å². The normalized spacial score (nSPS) is 10.7. The number of nitrogens with zero attached hydrogens (tertiary/aromatic N) is 1. The fraction of sp³-hybridized carbons (Fsp3) is 0.667. The Hall–Kier alpha value is -0.760. The second kappa shape index (κ2) is 6.66. The molecule has 1 N–H and O–H groups in total. The number of aromatic nitrogens is 1. The molecule has 0 fully saturated rings. The molecule has 1 rings (SSSR count). The Balaban J connectivity index is 2.12. The van der Waals surface area contributed by atoms with Crippen LogP contribution in [-0.2, 0) is 13.2 Å². The van der Waals surface area contributed by atoms with Crippen LogP contribution < -0.4 is 0 Å². The van der Waals surface area contributed by atoms with Gasteiger partial charge in [-0.3, -0.25) is 0 Å². The first-order valence-electron chi connectivity index (χ1n) is 5.62. The summed E-state index contributed by atoms with van der Waals surface area (Å²) in [7, 11) is 0. The molecule has 0 aliphatic carbocycles. The van der Waals surface area contributed by atoms with Gasteiger partial charge in [0, 0.05) is 18.9 Å². The van der Waals surface area contributed by atoms with E-state index in [0.29, 0.717) is 0 Å². The summed E-state index contributed by atoms with van der Waals surface area (Å²) in [4.78, 5) is 0. The molecule has 0 aliphatic heterocycles. The minimum absolute atomic E-state index is 0.156. The summed E-state index contributed by atoms with van der Waals surface area (Å²) < 4.78 is 2.16. The third kappa shape index (κ3) is 3.97. The average molecular weight is 195 g/mol. The summed E-state index contributed by atoms with van der Waals surface area (Å²) in [5.41, 5.74) is 1.01. The van der Waals surface area contributed by atoms with Gasteiger partial charge >= 0.3 is 0 Å². The lowest BCUT2D eigenvalue weighted by molar-refractivity contribution is 0.281. The molecule has 0 atom stereocenters. The van der Waals surface area contributed by atoms with Gasteiger partial charge in [0.1, 0.15) is 0 Å². The van der Waals surface area contributed by atoms with E-state index in [1.165, 1.54) is 32.1 Å². The smallest absolute Gasteiger partial charge is 0.0696 e. The third-order valence-electron chi connectivity index (χ3n) is 2.51. The van der Waals surface area contributed by atoms with E-state index >= 15 is 0 Å². The maximum Gasteiger partial charge on any atom is 0.0696 e. The van der Waals surface area contributed by atoms with Gasteiger partial charge in [0.25, 0.3) is 0 Å². The summed E-state index contributed by atoms with van der Waals surface area (Å²) >= 11 is 0. The second-order valence-electron chi connectivity index (χ2n) is 3.83. The van der Waals surface area contributed by atoms with Gasteiger partial charge < -0.3 is 9.67 Å². The van der Waals surface area contributed by atoms with Crippen molar-refractivity contribution in [3.8, 4) is 0 Å². The summed E-state index contributed by atoms with van der Waals surface area (Å²) in [6.07, 6.45) is 10.7. The van der Waals surface area contributed by atoms with Crippen LogP contribution in [0.4, 0.5) is 0 Å². The van der Waals surface area contributed by atoms with Crippen molar-refractivity contribution in [2.75, 3.05) is 0 Å². The van der Waals surface area contributed by atoms with Crippen molar-refractivity contribution in [2.45, 2.75) is 52.2 Å². The molecular formula is C12H21NO. The molecule has 0 aromatic carbocycles. The van der Waals surface area contributed by atoms with Crippen LogP contribution in [0.1, 0.15) is 44.6 Å². The molecular weight excluding hydrogens is 174 g/mol. The zero-order chi connectivity index (χ0) is 10.2. The molecule has 1 aromatic heterocycles. The van der Waals surface area contributed by atoms with Crippen molar-refractivity contribution in [1.29, 1.82) is 0 Å². The fourth-order valence-corrected chi connectivity index (χ4v) is 1.62. The molecule has 14 heavy (non-hydrogen) atoms. The van der Waals surface area contributed by atoms with Crippen molar-refractivity contribution < 1.29 is 5.11 Å². The average Bonchev–Trinajstić information content (AvgIpc) is 2.65. The molecule has 0 amide bonds. The Bertz CT molecular complexity index is 242. The Morgan fingerprint density at radius 3 is 2.64 bits per heavy atom. The van der Waals surface area contributed by atoms with Crippen molar-refractivity contribution in [3.05, 3.63) is 24.0 Å². The standard InChI is InChI=1S/C12H21NO/c1-2-3-4-5-6-8-13-9-7-12(10-13)11-14/h7,9-10,14H,2-6,8,11H2,1H3. The highest BCUT2D eigenvalue weighted by molar-refractivity contribution is 5.08. The quantitative estimate of drug-likeness (QED) is 0.665. The Labute approximate surface area is 86.6 Å². The molecule has 0 aliphatic rings. The van der Waals surface area contributed by atoms with Crippen LogP contribution in [0, 0.1) is 0 Å². The van der Waals surface area contributed by atoms with Crippen LogP contribution in [0.15, 0.2) is 18.5 Å². The van der Waals surface area contributed by atoms with Gasteiger partial charge in [0.05, 0.1) is 6.61 Å². The molecule has 0 unspecified atom stereocenters. The minimum atomic E-state index is 0.156. The van der Waals surface area contributed by atoms with Crippen molar-refractivity contribution >= 4 is 0 Å². The molecule has 0 saturated carbocycles. The first kappa shape index (κ1) is 11.3. The number of aliphatic hydroxyl groups excluding tert-OH is 1. The molecule has 2 nitrogen and oxygen atoms in total. The fourth-order valence-electron chi connectivity index (χ4n) is 1.62. The first-order chi connectivity index (χ1) is 6.86. The van der Waals surface area contributed by atoms with Gasteiger partial charge in [-0.05, 0) is 18.1 Å². The number of hydrogen-bond donors (Lipinski definition) is 1. The van der Waals surface area contributed by atoms with Gasteiger partial charge in [0.15, 0.2) is 0 Å². The second-order valence-corrected chi connectivity index (χ2v) is 3.83. The molecule has 0 bridgehead atoms. The predicted molar refractivity (Wildman–Crippen MR) is 59.1 cm³/mol. The van der Waals surface area contributed by atoms with E-state index in [9.17, 15) is 0 Å². The van der Waals surface area contributed by atoms with Crippen molar-refractivity contribution in [3.63, 3.8) is 0 Å². The van der Waals surface area contributed by atoms with Gasteiger partial charge in [-0.25, -0.2) is 0 Å². The van der Waals surface area contributed by atoms with E-state index in [0.717, 1.165) is 12.1 Å². The highest BCUT2D eigenvalue weighted by atomic mass is 16.3. The summed E-state index contributed by atoms with van der Waals surface area (Å²) in [5, 5.41) is 8.88. The minimum Gasteiger partial charge on any atom is -0.392 e. The van der Waals surface area contributed by atoms with E-state index in [-0.39, 0.29) is 6.61 Å². The SMILES string of the molecule is CCCCCCCn1ccc(CO)c1. The van der Waals surface area contributed by atoms with Crippen LogP contribution in [-0.4, -0.2) is 9.67 Å². The van der Waals surface area contributed by atoms with E-state index in [4.69, 9.17) is 5.11 Å². The number of hydrogen-bond acceptors (Lipinski definition) is 1. The van der Waals surface area contributed by atoms with E-state index in [1.807, 2.05) is 18.5 Å². The van der Waals surface area contributed by atoms with Crippen LogP contribution in [0.2, 0.25) is 0 Å². The van der Waals surface area contributed by atoms with E-state index < -0.39 is 0 Å². The number of aryl methyl sites for hydroxylation is 1. The van der Waals surface area contributed by atoms with Crippen LogP contribution in [0.5, 0.6) is 0 Å². The zero-order valence-electron chi connectivity index (χ0n) is 9.08. The molecule has 0 radical (unpaired) electrons. The number of unbranched alkanes of at least 4 members (excludes halogenated alkanes) is 4. The lowest BCUT2D eigenvalue weighted by Gasteiger charge is -2.02. The Kier molecular flexibility index (Phi) is 5.38. The Morgan fingerprint density at radius 2 is 2.00 bits per heavy atom. The van der Waals surface area contributed by atoms with Gasteiger partial charge in [-0.2, -0.15) is 0 Å². The summed E-state index contributed by atoms with van der Waals surface area (Å²) in [6.45, 7) is 3.48. The topological polar surface area (TPSA) is 25.2 Å². The predicted octanol–water partition coefficient (Wildman–Crippen LogP) is 2.95. The molecule has 80 valence electrons. The Morgan fingerprint density at radius 1 is 1.21 bits per heavy atom. The number of rotatable bonds is 7. The lowest BCUT2D eigenvalue weighted by atomic mass is 10.1. The number of aliphatic hydroxyl groups is 1. The van der Waals surface area contributed by atoms with Crippen molar-refractivity contribution in [2.24, 2.45) is 0 Å². The maximum absolute atomic E-state index is 8.88. The third-order valence-corrected chi connectivity index (χ3v) is 2.51. The van der Waals surface area contributed by atoms with Gasteiger partial charge in [-0.1, -0.05) is 32.6 Å². The first-order valence-corrected chi connectivity index (χ1v) is 5.62. The van der Waals surface area contributed by atoms with Crippen LogP contribution in [0.3, 0.4) is 0 Å². The van der Waals surface area contributed by atoms with Gasteiger partial charge in [0.2, 0.25) is 0 Å². The molecule has 0 saturated heterocycles. The van der Waals surface area contributed by atoms with Crippen LogP contribution >= 0.6 is 0 Å². The molecule has 2 heteroatoms. The molecule has 1 heterocycles.